The van der Waals surface area contributed by atoms with Crippen LogP contribution in [0.25, 0.3) is 0 Å². The van der Waals surface area contributed by atoms with E-state index in [1.54, 1.807) is 29.2 Å². The molecule has 2 aliphatic rings. The Morgan fingerprint density at radius 2 is 1.56 bits per heavy atom. The van der Waals surface area contributed by atoms with Gasteiger partial charge in [0.25, 0.3) is 0 Å². The van der Waals surface area contributed by atoms with Gasteiger partial charge in [-0.25, -0.2) is 4.79 Å². The second-order valence-corrected chi connectivity index (χ2v) is 9.99. The van der Waals surface area contributed by atoms with Crippen LogP contribution in [0.4, 0.5) is 18.9 Å². The highest BCUT2D eigenvalue weighted by Crippen LogP contribution is 2.31. The van der Waals surface area contributed by atoms with Gasteiger partial charge in [-0.2, -0.15) is 0 Å². The van der Waals surface area contributed by atoms with E-state index in [9.17, 15) is 18.0 Å². The quantitative estimate of drug-likeness (QED) is 0.310. The van der Waals surface area contributed by atoms with Crippen molar-refractivity contribution in [2.45, 2.75) is 31.3 Å². The van der Waals surface area contributed by atoms with Gasteiger partial charge >= 0.3 is 12.3 Å². The van der Waals surface area contributed by atoms with Gasteiger partial charge in [0.05, 0.1) is 0 Å². The summed E-state index contributed by atoms with van der Waals surface area (Å²) in [5.74, 6) is -1.25. The Morgan fingerprint density at radius 1 is 0.972 bits per heavy atom. The van der Waals surface area contributed by atoms with Gasteiger partial charge in [-0.3, -0.25) is 15.2 Å². The van der Waals surface area contributed by atoms with E-state index in [1.807, 2.05) is 24.3 Å². The number of nitrogen functional groups attached to an aromatic ring is 1. The Bertz CT molecular complexity index is 1050. The number of benzene rings is 2. The van der Waals surface area contributed by atoms with Crippen LogP contribution < -0.4 is 10.6 Å². The lowest BCUT2D eigenvalue weighted by molar-refractivity contribution is -0.308. The minimum absolute atomic E-state index is 0.0479. The summed E-state index contributed by atoms with van der Waals surface area (Å²) < 4.78 is 43.1. The minimum Gasteiger partial charge on any atom is -0.384 e. The number of rotatable bonds is 6. The standard InChI is InChI=1S/C25H29BrF3N5O2/c26-19-5-1-17(2-6-19)22(24(35)36-25(27,28)29)34-11-9-21(10-12-34)33-15-13-32(14-16-33)20-7-3-18(4-8-20)23(30)31/h1-8,21-22H,9-16H2,(H3,30,31). The third kappa shape index (κ3) is 6.57. The molecule has 3 N–H and O–H groups in total. The van der Waals surface area contributed by atoms with E-state index in [2.05, 4.69) is 30.5 Å². The highest BCUT2D eigenvalue weighted by Gasteiger charge is 2.41. The maximum Gasteiger partial charge on any atom is 0.575 e. The van der Waals surface area contributed by atoms with Gasteiger partial charge in [0.2, 0.25) is 0 Å². The van der Waals surface area contributed by atoms with E-state index in [0.717, 1.165) is 49.2 Å². The number of halogens is 4. The predicted octanol–water partition coefficient (Wildman–Crippen LogP) is 4.12. The molecule has 2 aliphatic heterocycles. The average molecular weight is 568 g/mol. The summed E-state index contributed by atoms with van der Waals surface area (Å²) in [6, 6.07) is 13.6. The van der Waals surface area contributed by atoms with Crippen molar-refractivity contribution in [3.63, 3.8) is 0 Å². The number of anilines is 1. The van der Waals surface area contributed by atoms with Crippen LogP contribution in [-0.4, -0.2) is 73.3 Å². The van der Waals surface area contributed by atoms with Crippen LogP contribution >= 0.6 is 15.9 Å². The number of amidine groups is 1. The lowest BCUT2D eigenvalue weighted by Crippen LogP contribution is -2.54. The smallest absolute Gasteiger partial charge is 0.384 e. The van der Waals surface area contributed by atoms with Crippen molar-refractivity contribution < 1.29 is 22.7 Å². The number of ether oxygens (including phenoxy) is 1. The van der Waals surface area contributed by atoms with Crippen molar-refractivity contribution in [1.82, 2.24) is 9.80 Å². The molecule has 0 radical (unpaired) electrons. The molecule has 2 heterocycles. The van der Waals surface area contributed by atoms with Crippen LogP contribution in [0.2, 0.25) is 0 Å². The minimum atomic E-state index is -5.02. The largest absolute Gasteiger partial charge is 0.575 e. The molecule has 2 aromatic rings. The van der Waals surface area contributed by atoms with Gasteiger partial charge in [-0.05, 0) is 54.8 Å². The number of piperazine rings is 1. The third-order valence-electron chi connectivity index (χ3n) is 6.86. The SMILES string of the molecule is N=C(N)c1ccc(N2CCN(C3CCN(C(C(=O)OC(F)(F)F)c4ccc(Br)cc4)CC3)CC2)cc1. The molecule has 0 aromatic heterocycles. The van der Waals surface area contributed by atoms with E-state index in [4.69, 9.17) is 11.1 Å². The molecule has 1 atom stereocenters. The summed E-state index contributed by atoms with van der Waals surface area (Å²) in [6.45, 7) is 4.49. The molecule has 1 unspecified atom stereocenters. The van der Waals surface area contributed by atoms with Crippen molar-refractivity contribution >= 4 is 33.4 Å². The number of hydrogen-bond donors (Lipinski definition) is 2. The fraction of sp³-hybridized carbons (Fsp3) is 0.440. The highest BCUT2D eigenvalue weighted by molar-refractivity contribution is 9.10. The lowest BCUT2D eigenvalue weighted by atomic mass is 9.97. The maximum atomic E-state index is 12.8. The van der Waals surface area contributed by atoms with Gasteiger partial charge in [-0.1, -0.05) is 28.1 Å². The normalized spacial score (nSPS) is 19.2. The first-order chi connectivity index (χ1) is 17.1. The van der Waals surface area contributed by atoms with E-state index < -0.39 is 18.4 Å². The molecule has 4 rings (SSSR count). The zero-order valence-electron chi connectivity index (χ0n) is 19.7. The molecule has 2 fully saturated rings. The van der Waals surface area contributed by atoms with Crippen LogP contribution in [0.1, 0.15) is 30.0 Å². The van der Waals surface area contributed by atoms with Crippen LogP contribution in [0.15, 0.2) is 53.0 Å². The van der Waals surface area contributed by atoms with Gasteiger partial charge in [-0.15, -0.1) is 13.2 Å². The molecule has 0 spiro atoms. The summed E-state index contributed by atoms with van der Waals surface area (Å²) in [5.41, 5.74) is 7.81. The fourth-order valence-electron chi connectivity index (χ4n) is 5.02. The molecule has 0 aliphatic carbocycles. The molecule has 2 aromatic carbocycles. The van der Waals surface area contributed by atoms with Gasteiger partial charge in [0, 0.05) is 61.0 Å². The van der Waals surface area contributed by atoms with E-state index >= 15 is 0 Å². The molecule has 36 heavy (non-hydrogen) atoms. The third-order valence-corrected chi connectivity index (χ3v) is 7.39. The fourth-order valence-corrected chi connectivity index (χ4v) is 5.28. The summed E-state index contributed by atoms with van der Waals surface area (Å²) in [4.78, 5) is 19.0. The number of hydrogen-bond acceptors (Lipinski definition) is 6. The maximum absolute atomic E-state index is 12.8. The summed E-state index contributed by atoms with van der Waals surface area (Å²) in [5, 5.41) is 7.53. The van der Waals surface area contributed by atoms with Crippen molar-refractivity contribution in [2.24, 2.45) is 5.73 Å². The molecular formula is C25H29BrF3N5O2. The number of piperidine rings is 1. The molecule has 11 heteroatoms. The first-order valence-electron chi connectivity index (χ1n) is 11.8. The lowest BCUT2D eigenvalue weighted by Gasteiger charge is -2.44. The van der Waals surface area contributed by atoms with Crippen molar-refractivity contribution in [1.29, 1.82) is 5.41 Å². The molecule has 194 valence electrons. The van der Waals surface area contributed by atoms with Crippen LogP contribution in [-0.2, 0) is 9.53 Å². The Labute approximate surface area is 216 Å². The molecule has 0 saturated carbocycles. The summed E-state index contributed by atoms with van der Waals surface area (Å²) in [7, 11) is 0. The van der Waals surface area contributed by atoms with Gasteiger partial charge in [0.15, 0.2) is 0 Å². The number of likely N-dealkylation sites (tertiary alicyclic amines) is 1. The molecule has 0 bridgehead atoms. The number of carbonyl (C=O) groups excluding carboxylic acids is 1. The molecule has 7 nitrogen and oxygen atoms in total. The van der Waals surface area contributed by atoms with Gasteiger partial charge < -0.3 is 15.4 Å². The number of nitrogens with one attached hydrogen (secondary N) is 1. The number of esters is 1. The number of carbonyl (C=O) groups is 1. The molecule has 2 saturated heterocycles. The zero-order valence-corrected chi connectivity index (χ0v) is 21.3. The molecule has 0 amide bonds. The zero-order chi connectivity index (χ0) is 25.9. The summed E-state index contributed by atoms with van der Waals surface area (Å²) >= 11 is 3.32. The van der Waals surface area contributed by atoms with Crippen molar-refractivity contribution in [2.75, 3.05) is 44.2 Å². The Hall–Kier alpha value is -2.63. The second-order valence-electron chi connectivity index (χ2n) is 9.07. The van der Waals surface area contributed by atoms with E-state index in [-0.39, 0.29) is 5.84 Å². The number of nitrogens with zero attached hydrogens (tertiary/aromatic N) is 3. The number of nitrogens with two attached hydrogens (primary N) is 1. The average Bonchev–Trinajstić information content (AvgIpc) is 2.85. The monoisotopic (exact) mass is 567 g/mol. The Balaban J connectivity index is 1.35. The van der Waals surface area contributed by atoms with Crippen LogP contribution in [0, 0.1) is 5.41 Å². The van der Waals surface area contributed by atoms with E-state index in [0.29, 0.717) is 30.3 Å². The van der Waals surface area contributed by atoms with Crippen molar-refractivity contribution in [3.8, 4) is 0 Å². The van der Waals surface area contributed by atoms with E-state index in [1.165, 1.54) is 0 Å². The second kappa shape index (κ2) is 11.2. The first kappa shape index (κ1) is 26.4. The number of alkyl halides is 3. The van der Waals surface area contributed by atoms with Crippen molar-refractivity contribution in [3.05, 3.63) is 64.1 Å². The summed E-state index contributed by atoms with van der Waals surface area (Å²) in [6.07, 6.45) is -3.49. The Kier molecular flexibility index (Phi) is 8.21. The van der Waals surface area contributed by atoms with Crippen LogP contribution in [0.3, 0.4) is 0 Å². The Morgan fingerprint density at radius 3 is 2.08 bits per heavy atom. The highest BCUT2D eigenvalue weighted by atomic mass is 79.9. The molecular weight excluding hydrogens is 539 g/mol. The van der Waals surface area contributed by atoms with Gasteiger partial charge in [0.1, 0.15) is 11.9 Å². The van der Waals surface area contributed by atoms with Crippen LogP contribution in [0.5, 0.6) is 0 Å². The predicted molar refractivity (Wildman–Crippen MR) is 135 cm³/mol. The topological polar surface area (TPSA) is 85.9 Å². The first-order valence-corrected chi connectivity index (χ1v) is 12.6.